The van der Waals surface area contributed by atoms with Gasteiger partial charge >= 0.3 is 0 Å². The predicted molar refractivity (Wildman–Crippen MR) is 54.8 cm³/mol. The van der Waals surface area contributed by atoms with Gasteiger partial charge in [-0.25, -0.2) is 0 Å². The van der Waals surface area contributed by atoms with Crippen molar-refractivity contribution in [3.8, 4) is 6.07 Å². The molecule has 1 aromatic heterocycles. The zero-order valence-electron chi connectivity index (χ0n) is 8.29. The fourth-order valence-corrected chi connectivity index (χ4v) is 1.98. The molecule has 0 atom stereocenters. The van der Waals surface area contributed by atoms with Crippen LogP contribution >= 0.6 is 0 Å². The maximum Gasteiger partial charge on any atom is 0.0625 e. The van der Waals surface area contributed by atoms with Gasteiger partial charge in [0.15, 0.2) is 0 Å². The van der Waals surface area contributed by atoms with E-state index in [-0.39, 0.29) is 0 Å². The van der Waals surface area contributed by atoms with Crippen LogP contribution in [0.2, 0.25) is 0 Å². The van der Waals surface area contributed by atoms with E-state index in [1.54, 1.807) is 0 Å². The van der Waals surface area contributed by atoms with Crippen molar-refractivity contribution in [2.75, 3.05) is 0 Å². The van der Waals surface area contributed by atoms with E-state index >= 15 is 0 Å². The van der Waals surface area contributed by atoms with Crippen LogP contribution in [-0.4, -0.2) is 4.98 Å². The smallest absolute Gasteiger partial charge is 0.0625 e. The summed E-state index contributed by atoms with van der Waals surface area (Å²) in [7, 11) is 0. The second-order valence-corrected chi connectivity index (χ2v) is 3.81. The monoisotopic (exact) mass is 186 g/mol. The lowest BCUT2D eigenvalue weighted by molar-refractivity contribution is 0.679. The summed E-state index contributed by atoms with van der Waals surface area (Å²) in [5, 5.41) is 8.49. The molecule has 0 N–H and O–H groups in total. The van der Waals surface area contributed by atoms with Gasteiger partial charge in [-0.1, -0.05) is 0 Å². The third-order valence-electron chi connectivity index (χ3n) is 2.77. The van der Waals surface area contributed by atoms with Crippen LogP contribution in [0, 0.1) is 11.3 Å². The van der Waals surface area contributed by atoms with Crippen molar-refractivity contribution in [2.45, 2.75) is 38.5 Å². The van der Waals surface area contributed by atoms with E-state index in [1.165, 1.54) is 36.8 Å². The lowest BCUT2D eigenvalue weighted by atomic mass is 9.92. The van der Waals surface area contributed by atoms with Gasteiger partial charge in [0, 0.05) is 24.7 Å². The van der Waals surface area contributed by atoms with E-state index in [4.69, 9.17) is 5.26 Å². The number of pyridine rings is 1. The summed E-state index contributed by atoms with van der Waals surface area (Å²) in [4.78, 5) is 4.38. The summed E-state index contributed by atoms with van der Waals surface area (Å²) in [5.41, 5.74) is 3.95. The minimum absolute atomic E-state index is 0.575. The molecule has 0 aliphatic heterocycles. The molecule has 2 heteroatoms. The Hall–Kier alpha value is -1.36. The molecule has 0 saturated heterocycles. The van der Waals surface area contributed by atoms with Crippen LogP contribution in [-0.2, 0) is 19.3 Å². The standard InChI is InChI=1S/C12H14N2/c13-7-3-6-12-8-10-4-1-2-5-11(10)9-14-12/h8-9H,1-6H2. The summed E-state index contributed by atoms with van der Waals surface area (Å²) in [6.07, 6.45) is 8.34. The summed E-state index contributed by atoms with van der Waals surface area (Å²) >= 11 is 0. The van der Waals surface area contributed by atoms with Crippen LogP contribution in [0.15, 0.2) is 12.3 Å². The van der Waals surface area contributed by atoms with Crippen molar-refractivity contribution in [1.29, 1.82) is 5.26 Å². The van der Waals surface area contributed by atoms with E-state index in [1.807, 2.05) is 6.20 Å². The zero-order chi connectivity index (χ0) is 9.80. The van der Waals surface area contributed by atoms with Gasteiger partial charge in [0.1, 0.15) is 0 Å². The molecule has 0 saturated carbocycles. The first-order chi connectivity index (χ1) is 6.90. The van der Waals surface area contributed by atoms with Crippen LogP contribution in [0.5, 0.6) is 0 Å². The Morgan fingerprint density at radius 2 is 2.07 bits per heavy atom. The van der Waals surface area contributed by atoms with Gasteiger partial charge in [-0.2, -0.15) is 5.26 Å². The number of aryl methyl sites for hydroxylation is 3. The van der Waals surface area contributed by atoms with Crippen LogP contribution in [0.25, 0.3) is 0 Å². The molecular weight excluding hydrogens is 172 g/mol. The molecule has 0 bridgehead atoms. The third-order valence-corrected chi connectivity index (χ3v) is 2.77. The Labute approximate surface area is 84.6 Å². The molecule has 0 spiro atoms. The molecule has 0 amide bonds. The number of rotatable bonds is 2. The van der Waals surface area contributed by atoms with Crippen LogP contribution in [0.4, 0.5) is 0 Å². The number of nitriles is 1. The summed E-state index contributed by atoms with van der Waals surface area (Å²) in [6.45, 7) is 0. The van der Waals surface area contributed by atoms with Crippen molar-refractivity contribution in [3.63, 3.8) is 0 Å². The Morgan fingerprint density at radius 1 is 1.29 bits per heavy atom. The highest BCUT2D eigenvalue weighted by Gasteiger charge is 2.09. The topological polar surface area (TPSA) is 36.7 Å². The van der Waals surface area contributed by atoms with Gasteiger partial charge in [0.05, 0.1) is 6.07 Å². The molecule has 2 nitrogen and oxygen atoms in total. The second kappa shape index (κ2) is 4.23. The second-order valence-electron chi connectivity index (χ2n) is 3.81. The predicted octanol–water partition coefficient (Wildman–Crippen LogP) is 2.42. The lowest BCUT2D eigenvalue weighted by Gasteiger charge is -2.15. The van der Waals surface area contributed by atoms with E-state index in [2.05, 4.69) is 17.1 Å². The van der Waals surface area contributed by atoms with Crippen molar-refractivity contribution in [1.82, 2.24) is 4.98 Å². The van der Waals surface area contributed by atoms with Crippen LogP contribution < -0.4 is 0 Å². The van der Waals surface area contributed by atoms with Crippen LogP contribution in [0.1, 0.15) is 36.1 Å². The highest BCUT2D eigenvalue weighted by molar-refractivity contribution is 5.29. The molecular formula is C12H14N2. The summed E-state index contributed by atoms with van der Waals surface area (Å²) in [6, 6.07) is 4.34. The number of hydrogen-bond donors (Lipinski definition) is 0. The summed E-state index contributed by atoms with van der Waals surface area (Å²) in [5.74, 6) is 0. The molecule has 14 heavy (non-hydrogen) atoms. The SMILES string of the molecule is N#CCCc1cc2c(cn1)CCCC2. The van der Waals surface area contributed by atoms with Gasteiger partial charge in [-0.3, -0.25) is 4.98 Å². The van der Waals surface area contributed by atoms with Gasteiger partial charge in [-0.15, -0.1) is 0 Å². The third kappa shape index (κ3) is 1.93. The minimum Gasteiger partial charge on any atom is -0.261 e. The molecule has 1 heterocycles. The van der Waals surface area contributed by atoms with E-state index in [0.717, 1.165) is 12.1 Å². The Kier molecular flexibility index (Phi) is 2.78. The van der Waals surface area contributed by atoms with E-state index in [9.17, 15) is 0 Å². The number of aromatic nitrogens is 1. The molecule has 0 fully saturated rings. The molecule has 2 rings (SSSR count). The fraction of sp³-hybridized carbons (Fsp3) is 0.500. The molecule has 72 valence electrons. The highest BCUT2D eigenvalue weighted by Crippen LogP contribution is 2.21. The minimum atomic E-state index is 0.575. The number of fused-ring (bicyclic) bond motifs is 1. The summed E-state index contributed by atoms with van der Waals surface area (Å²) < 4.78 is 0. The van der Waals surface area contributed by atoms with Gasteiger partial charge in [0.2, 0.25) is 0 Å². The van der Waals surface area contributed by atoms with Crippen molar-refractivity contribution < 1.29 is 0 Å². The molecule has 0 radical (unpaired) electrons. The molecule has 1 aromatic rings. The maximum atomic E-state index is 8.49. The van der Waals surface area contributed by atoms with Gasteiger partial charge in [-0.05, 0) is 42.9 Å². The largest absolute Gasteiger partial charge is 0.261 e. The average molecular weight is 186 g/mol. The first kappa shape index (κ1) is 9.21. The molecule has 0 unspecified atom stereocenters. The van der Waals surface area contributed by atoms with Crippen LogP contribution in [0.3, 0.4) is 0 Å². The molecule has 1 aliphatic rings. The quantitative estimate of drug-likeness (QED) is 0.711. The molecule has 0 aromatic carbocycles. The van der Waals surface area contributed by atoms with E-state index < -0.39 is 0 Å². The Morgan fingerprint density at radius 3 is 2.86 bits per heavy atom. The average Bonchev–Trinajstić information content (AvgIpc) is 2.26. The molecule has 1 aliphatic carbocycles. The fourth-order valence-electron chi connectivity index (χ4n) is 1.98. The normalized spacial score (nSPS) is 14.5. The van der Waals surface area contributed by atoms with Gasteiger partial charge in [0.25, 0.3) is 0 Å². The van der Waals surface area contributed by atoms with Gasteiger partial charge < -0.3 is 0 Å². The zero-order valence-corrected chi connectivity index (χ0v) is 8.29. The van der Waals surface area contributed by atoms with E-state index in [0.29, 0.717) is 6.42 Å². The van der Waals surface area contributed by atoms with Crippen molar-refractivity contribution in [3.05, 3.63) is 29.1 Å². The Balaban J connectivity index is 2.17. The number of nitrogens with zero attached hydrogens (tertiary/aromatic N) is 2. The lowest BCUT2D eigenvalue weighted by Crippen LogP contribution is -2.04. The maximum absolute atomic E-state index is 8.49. The highest BCUT2D eigenvalue weighted by atomic mass is 14.7. The first-order valence-electron chi connectivity index (χ1n) is 5.24. The van der Waals surface area contributed by atoms with Crippen molar-refractivity contribution in [2.24, 2.45) is 0 Å². The van der Waals surface area contributed by atoms with Crippen molar-refractivity contribution >= 4 is 0 Å². The first-order valence-corrected chi connectivity index (χ1v) is 5.24. The Bertz CT molecular complexity index is 363. The number of hydrogen-bond acceptors (Lipinski definition) is 2.